The van der Waals surface area contributed by atoms with E-state index in [1.807, 2.05) is 29.2 Å². The second kappa shape index (κ2) is 6.25. The average molecular weight is 264 g/mol. The van der Waals surface area contributed by atoms with E-state index >= 15 is 0 Å². The summed E-state index contributed by atoms with van der Waals surface area (Å²) < 4.78 is 0. The molecule has 3 nitrogen and oxygen atoms in total. The Hall–Kier alpha value is -1.00. The van der Waals surface area contributed by atoms with Gasteiger partial charge in [-0.1, -0.05) is 6.92 Å². The summed E-state index contributed by atoms with van der Waals surface area (Å²) in [6.45, 7) is 6.79. The normalized spacial score (nSPS) is 19.9. The first kappa shape index (κ1) is 13.4. The Morgan fingerprint density at radius 2 is 2.17 bits per heavy atom. The average Bonchev–Trinajstić information content (AvgIpc) is 2.40. The molecule has 1 aromatic carbocycles. The van der Waals surface area contributed by atoms with Crippen LogP contribution in [0.5, 0.6) is 0 Å². The van der Waals surface area contributed by atoms with Crippen molar-refractivity contribution in [3.05, 3.63) is 29.8 Å². The fourth-order valence-electron chi connectivity index (χ4n) is 2.17. The zero-order chi connectivity index (χ0) is 13.0. The summed E-state index contributed by atoms with van der Waals surface area (Å²) in [5.41, 5.74) is 0.796. The number of carbonyl (C=O) groups is 1. The Morgan fingerprint density at radius 3 is 2.78 bits per heavy atom. The number of benzene rings is 1. The largest absolute Gasteiger partial charge is 0.333 e. The monoisotopic (exact) mass is 264 g/mol. The Morgan fingerprint density at radius 1 is 1.44 bits per heavy atom. The molecule has 4 heteroatoms. The van der Waals surface area contributed by atoms with Gasteiger partial charge in [0.1, 0.15) is 0 Å². The van der Waals surface area contributed by atoms with E-state index in [0.717, 1.165) is 31.0 Å². The summed E-state index contributed by atoms with van der Waals surface area (Å²) in [6.07, 6.45) is 0. The van der Waals surface area contributed by atoms with E-state index in [4.69, 9.17) is 0 Å². The van der Waals surface area contributed by atoms with Crippen LogP contribution in [0.15, 0.2) is 29.2 Å². The van der Waals surface area contributed by atoms with Gasteiger partial charge in [-0.05, 0) is 36.9 Å². The lowest BCUT2D eigenvalue weighted by Gasteiger charge is -2.34. The molecule has 1 heterocycles. The molecule has 0 radical (unpaired) electrons. The lowest BCUT2D eigenvalue weighted by atomic mass is 10.1. The van der Waals surface area contributed by atoms with Crippen molar-refractivity contribution >= 4 is 17.7 Å². The van der Waals surface area contributed by atoms with Crippen LogP contribution in [0.4, 0.5) is 0 Å². The number of hydrogen-bond acceptors (Lipinski definition) is 3. The molecule has 0 spiro atoms. The predicted molar refractivity (Wildman–Crippen MR) is 76.2 cm³/mol. The van der Waals surface area contributed by atoms with Crippen LogP contribution in [0.25, 0.3) is 0 Å². The molecule has 0 bridgehead atoms. The minimum absolute atomic E-state index is 0.150. The molecule has 18 heavy (non-hydrogen) atoms. The Labute approximate surface area is 113 Å². The van der Waals surface area contributed by atoms with Gasteiger partial charge in [0.2, 0.25) is 0 Å². The SMILES string of the molecule is CCSc1ccc(C(=O)N2CCNCC2C)cc1. The van der Waals surface area contributed by atoms with Gasteiger partial charge < -0.3 is 10.2 Å². The number of amides is 1. The maximum Gasteiger partial charge on any atom is 0.254 e. The van der Waals surface area contributed by atoms with Crippen molar-refractivity contribution in [1.82, 2.24) is 10.2 Å². The molecule has 1 fully saturated rings. The van der Waals surface area contributed by atoms with Crippen molar-refractivity contribution in [2.75, 3.05) is 25.4 Å². The van der Waals surface area contributed by atoms with Gasteiger partial charge in [0.15, 0.2) is 0 Å². The van der Waals surface area contributed by atoms with Crippen LogP contribution < -0.4 is 5.32 Å². The number of hydrogen-bond donors (Lipinski definition) is 1. The zero-order valence-electron chi connectivity index (χ0n) is 11.0. The second-order valence-electron chi connectivity index (χ2n) is 4.51. The molecule has 0 aliphatic carbocycles. The van der Waals surface area contributed by atoms with Crippen LogP contribution in [0.1, 0.15) is 24.2 Å². The number of rotatable bonds is 3. The lowest BCUT2D eigenvalue weighted by Crippen LogP contribution is -2.52. The van der Waals surface area contributed by atoms with Crippen molar-refractivity contribution in [2.45, 2.75) is 24.8 Å². The molecule has 1 aliphatic rings. The Balaban J connectivity index is 2.08. The molecule has 1 unspecified atom stereocenters. The van der Waals surface area contributed by atoms with Crippen molar-refractivity contribution < 1.29 is 4.79 Å². The third-order valence-electron chi connectivity index (χ3n) is 3.17. The molecule has 98 valence electrons. The van der Waals surface area contributed by atoms with Gasteiger partial charge >= 0.3 is 0 Å². The second-order valence-corrected chi connectivity index (χ2v) is 5.85. The van der Waals surface area contributed by atoms with Crippen LogP contribution in [0, 0.1) is 0 Å². The summed E-state index contributed by atoms with van der Waals surface area (Å²) in [7, 11) is 0. The fourth-order valence-corrected chi connectivity index (χ4v) is 2.83. The Bertz CT molecular complexity index is 405. The first-order valence-electron chi connectivity index (χ1n) is 6.47. The van der Waals surface area contributed by atoms with Crippen molar-refractivity contribution in [3.8, 4) is 0 Å². The Kier molecular flexibility index (Phi) is 4.66. The molecule has 2 rings (SSSR count). The minimum atomic E-state index is 0.150. The maximum absolute atomic E-state index is 12.4. The molecule has 1 atom stereocenters. The molecule has 0 saturated carbocycles. The highest BCUT2D eigenvalue weighted by Crippen LogP contribution is 2.19. The standard InChI is InChI=1S/C14H20N2OS/c1-3-18-13-6-4-12(5-7-13)14(17)16-9-8-15-10-11(16)2/h4-7,11,15H,3,8-10H2,1-2H3. The smallest absolute Gasteiger partial charge is 0.254 e. The van der Waals surface area contributed by atoms with E-state index in [9.17, 15) is 4.79 Å². The number of carbonyl (C=O) groups excluding carboxylic acids is 1. The minimum Gasteiger partial charge on any atom is -0.333 e. The first-order valence-corrected chi connectivity index (χ1v) is 7.45. The van der Waals surface area contributed by atoms with Crippen LogP contribution in [0.3, 0.4) is 0 Å². The molecular weight excluding hydrogens is 244 g/mol. The highest BCUT2D eigenvalue weighted by atomic mass is 32.2. The first-order chi connectivity index (χ1) is 8.72. The molecular formula is C14H20N2OS. The van der Waals surface area contributed by atoms with Crippen LogP contribution in [0.2, 0.25) is 0 Å². The molecule has 1 N–H and O–H groups in total. The van der Waals surface area contributed by atoms with Crippen LogP contribution >= 0.6 is 11.8 Å². The third kappa shape index (κ3) is 3.06. The lowest BCUT2D eigenvalue weighted by molar-refractivity contribution is 0.0655. The highest BCUT2D eigenvalue weighted by molar-refractivity contribution is 7.99. The van der Waals surface area contributed by atoms with E-state index in [-0.39, 0.29) is 11.9 Å². The van der Waals surface area contributed by atoms with E-state index in [0.29, 0.717) is 0 Å². The quantitative estimate of drug-likeness (QED) is 0.850. The van der Waals surface area contributed by atoms with Crippen molar-refractivity contribution in [2.24, 2.45) is 0 Å². The molecule has 1 aliphatic heterocycles. The van der Waals surface area contributed by atoms with Crippen molar-refractivity contribution in [1.29, 1.82) is 0 Å². The predicted octanol–water partition coefficient (Wildman–Crippen LogP) is 2.23. The molecule has 1 saturated heterocycles. The summed E-state index contributed by atoms with van der Waals surface area (Å²) in [5.74, 6) is 1.21. The maximum atomic E-state index is 12.4. The van der Waals surface area contributed by atoms with E-state index < -0.39 is 0 Å². The summed E-state index contributed by atoms with van der Waals surface area (Å²) in [4.78, 5) is 15.6. The van der Waals surface area contributed by atoms with E-state index in [1.54, 1.807) is 11.8 Å². The van der Waals surface area contributed by atoms with Gasteiger partial charge in [0, 0.05) is 36.1 Å². The van der Waals surface area contributed by atoms with Gasteiger partial charge in [-0.2, -0.15) is 0 Å². The van der Waals surface area contributed by atoms with Gasteiger partial charge in [-0.15, -0.1) is 11.8 Å². The van der Waals surface area contributed by atoms with Gasteiger partial charge in [0.05, 0.1) is 0 Å². The highest BCUT2D eigenvalue weighted by Gasteiger charge is 2.23. The zero-order valence-corrected chi connectivity index (χ0v) is 11.8. The van der Waals surface area contributed by atoms with Gasteiger partial charge in [-0.25, -0.2) is 0 Å². The van der Waals surface area contributed by atoms with E-state index in [2.05, 4.69) is 19.2 Å². The van der Waals surface area contributed by atoms with Crippen LogP contribution in [-0.2, 0) is 0 Å². The van der Waals surface area contributed by atoms with E-state index in [1.165, 1.54) is 4.90 Å². The van der Waals surface area contributed by atoms with Gasteiger partial charge in [0.25, 0.3) is 5.91 Å². The fraction of sp³-hybridized carbons (Fsp3) is 0.500. The topological polar surface area (TPSA) is 32.3 Å². The number of nitrogens with zero attached hydrogens (tertiary/aromatic N) is 1. The third-order valence-corrected chi connectivity index (χ3v) is 4.07. The number of piperazine rings is 1. The summed E-state index contributed by atoms with van der Waals surface area (Å²) >= 11 is 1.80. The number of nitrogens with one attached hydrogen (secondary N) is 1. The number of thioether (sulfide) groups is 1. The summed E-state index contributed by atoms with van der Waals surface area (Å²) in [6, 6.07) is 8.23. The summed E-state index contributed by atoms with van der Waals surface area (Å²) in [5, 5.41) is 3.30. The molecule has 1 amide bonds. The van der Waals surface area contributed by atoms with Crippen molar-refractivity contribution in [3.63, 3.8) is 0 Å². The van der Waals surface area contributed by atoms with Gasteiger partial charge in [-0.3, -0.25) is 4.79 Å². The van der Waals surface area contributed by atoms with Crippen LogP contribution in [-0.4, -0.2) is 42.2 Å². The molecule has 0 aromatic heterocycles. The molecule has 1 aromatic rings.